The maximum Gasteiger partial charge on any atom is 0.260 e. The largest absolute Gasteiger partial charge is 0.332 e. The summed E-state index contributed by atoms with van der Waals surface area (Å²) in [4.78, 5) is 7.00. The van der Waals surface area contributed by atoms with E-state index in [0.29, 0.717) is 12.2 Å². The quantitative estimate of drug-likeness (QED) is 0.867. The van der Waals surface area contributed by atoms with E-state index in [4.69, 9.17) is 11.6 Å². The van der Waals surface area contributed by atoms with Crippen LogP contribution in [-0.4, -0.2) is 40.2 Å². The Hall–Kier alpha value is -0.590. The topological polar surface area (TPSA) is 66.1 Å². The summed E-state index contributed by atoms with van der Waals surface area (Å²) in [5, 5.41) is 0.325. The number of alkyl halides is 1. The number of rotatable bonds is 3. The van der Waals surface area contributed by atoms with Gasteiger partial charge in [-0.2, -0.15) is 4.31 Å². The van der Waals surface area contributed by atoms with Crippen molar-refractivity contribution >= 4 is 21.6 Å². The number of aromatic amines is 1. The smallest absolute Gasteiger partial charge is 0.260 e. The zero-order chi connectivity index (χ0) is 13.6. The average Bonchev–Trinajstić information content (AvgIpc) is 2.93. The molecule has 7 heteroatoms. The number of piperidine rings is 1. The van der Waals surface area contributed by atoms with Gasteiger partial charge in [-0.25, -0.2) is 13.4 Å². The van der Waals surface area contributed by atoms with Gasteiger partial charge in [-0.05, 0) is 25.7 Å². The number of hydrogen-bond acceptors (Lipinski definition) is 3. The second-order valence-corrected chi connectivity index (χ2v) is 7.77. The van der Waals surface area contributed by atoms with Crippen LogP contribution in [0.2, 0.25) is 0 Å². The van der Waals surface area contributed by atoms with Gasteiger partial charge in [-0.15, -0.1) is 11.6 Å². The third-order valence-corrected chi connectivity index (χ3v) is 6.38. The number of aromatic nitrogens is 2. The second kappa shape index (κ2) is 4.75. The van der Waals surface area contributed by atoms with Gasteiger partial charge in [-0.3, -0.25) is 0 Å². The van der Waals surface area contributed by atoms with Gasteiger partial charge in [0, 0.05) is 23.9 Å². The van der Waals surface area contributed by atoms with E-state index >= 15 is 0 Å². The summed E-state index contributed by atoms with van der Waals surface area (Å²) in [6.45, 7) is 1.94. The first-order valence-corrected chi connectivity index (χ1v) is 8.61. The minimum atomic E-state index is -3.45. The Morgan fingerprint density at radius 2 is 2.05 bits per heavy atom. The Kier molecular flexibility index (Phi) is 3.35. The predicted molar refractivity (Wildman–Crippen MR) is 72.7 cm³/mol. The molecule has 19 heavy (non-hydrogen) atoms. The first kappa shape index (κ1) is 13.4. The van der Waals surface area contributed by atoms with Crippen molar-refractivity contribution in [2.45, 2.75) is 61.5 Å². The summed E-state index contributed by atoms with van der Waals surface area (Å²) in [7, 11) is -3.45. The zero-order valence-electron chi connectivity index (χ0n) is 10.8. The van der Waals surface area contributed by atoms with E-state index < -0.39 is 10.0 Å². The molecule has 3 rings (SSSR count). The van der Waals surface area contributed by atoms with Crippen LogP contribution in [-0.2, 0) is 16.4 Å². The van der Waals surface area contributed by atoms with Crippen molar-refractivity contribution in [3.8, 4) is 0 Å². The molecule has 2 aliphatic rings. The predicted octanol–water partition coefficient (Wildman–Crippen LogP) is 1.90. The molecule has 5 nitrogen and oxygen atoms in total. The lowest BCUT2D eigenvalue weighted by Gasteiger charge is -2.35. The molecule has 2 aliphatic heterocycles. The van der Waals surface area contributed by atoms with Gasteiger partial charge in [0.2, 0.25) is 0 Å². The van der Waals surface area contributed by atoms with Gasteiger partial charge >= 0.3 is 0 Å². The molecular formula is C12H18ClN3O2S. The van der Waals surface area contributed by atoms with Crippen LogP contribution < -0.4 is 0 Å². The summed E-state index contributed by atoms with van der Waals surface area (Å²) >= 11 is 6.19. The zero-order valence-corrected chi connectivity index (χ0v) is 12.4. The maximum atomic E-state index is 12.7. The first-order chi connectivity index (χ1) is 9.02. The van der Waals surface area contributed by atoms with Crippen LogP contribution in [0.15, 0.2) is 11.2 Å². The van der Waals surface area contributed by atoms with Gasteiger partial charge in [0.15, 0.2) is 5.03 Å². The van der Waals surface area contributed by atoms with Crippen LogP contribution >= 0.6 is 11.6 Å². The molecule has 2 atom stereocenters. The summed E-state index contributed by atoms with van der Waals surface area (Å²) in [6.07, 6.45) is 5.48. The van der Waals surface area contributed by atoms with Crippen LogP contribution in [0.4, 0.5) is 0 Å². The Labute approximate surface area is 118 Å². The molecule has 3 heterocycles. The molecule has 1 aromatic rings. The Morgan fingerprint density at radius 1 is 1.42 bits per heavy atom. The number of halogens is 1. The number of nitrogens with one attached hydrogen (secondary N) is 1. The minimum absolute atomic E-state index is 0.0552. The van der Waals surface area contributed by atoms with Crippen molar-refractivity contribution in [2.24, 2.45) is 0 Å². The van der Waals surface area contributed by atoms with Gasteiger partial charge in [0.25, 0.3) is 10.0 Å². The molecule has 0 amide bonds. The van der Waals surface area contributed by atoms with Crippen molar-refractivity contribution < 1.29 is 8.42 Å². The molecule has 0 saturated carbocycles. The standard InChI is InChI=1S/C12H18ClN3O2S/c1-2-11-14-7-12(15-11)19(17,18)16-9-3-4-10(16)6-8(13)5-9/h7-10H,2-6H2,1H3,(H,14,15). The van der Waals surface area contributed by atoms with Crippen LogP contribution in [0, 0.1) is 0 Å². The Morgan fingerprint density at radius 3 is 2.58 bits per heavy atom. The number of imidazole rings is 1. The van der Waals surface area contributed by atoms with Crippen molar-refractivity contribution in [3.63, 3.8) is 0 Å². The normalized spacial score (nSPS) is 31.8. The highest BCUT2D eigenvalue weighted by molar-refractivity contribution is 7.89. The molecule has 0 aliphatic carbocycles. The summed E-state index contributed by atoms with van der Waals surface area (Å²) < 4.78 is 27.1. The molecule has 2 fully saturated rings. The van der Waals surface area contributed by atoms with E-state index in [1.54, 1.807) is 4.31 Å². The number of fused-ring (bicyclic) bond motifs is 2. The summed E-state index contributed by atoms with van der Waals surface area (Å²) in [5.41, 5.74) is 0. The molecule has 2 unspecified atom stereocenters. The van der Waals surface area contributed by atoms with E-state index in [2.05, 4.69) is 9.97 Å². The number of H-pyrrole nitrogens is 1. The van der Waals surface area contributed by atoms with E-state index in [-0.39, 0.29) is 22.5 Å². The van der Waals surface area contributed by atoms with Crippen molar-refractivity contribution in [1.82, 2.24) is 14.3 Å². The van der Waals surface area contributed by atoms with Crippen LogP contribution in [0.3, 0.4) is 0 Å². The highest BCUT2D eigenvalue weighted by Crippen LogP contribution is 2.40. The summed E-state index contributed by atoms with van der Waals surface area (Å²) in [5.74, 6) is 0.707. The van der Waals surface area contributed by atoms with E-state index in [1.807, 2.05) is 6.92 Å². The van der Waals surface area contributed by atoms with Crippen molar-refractivity contribution in [2.75, 3.05) is 0 Å². The Bertz CT molecular complexity index is 557. The maximum absolute atomic E-state index is 12.7. The van der Waals surface area contributed by atoms with Crippen molar-refractivity contribution in [1.29, 1.82) is 0 Å². The number of aryl methyl sites for hydroxylation is 1. The van der Waals surface area contributed by atoms with Gasteiger partial charge in [0.1, 0.15) is 5.82 Å². The fourth-order valence-electron chi connectivity index (χ4n) is 3.23. The van der Waals surface area contributed by atoms with Crippen LogP contribution in [0.5, 0.6) is 0 Å². The van der Waals surface area contributed by atoms with Crippen LogP contribution in [0.25, 0.3) is 0 Å². The number of nitrogens with zero attached hydrogens (tertiary/aromatic N) is 2. The lowest BCUT2D eigenvalue weighted by Crippen LogP contribution is -2.46. The molecule has 0 spiro atoms. The minimum Gasteiger partial charge on any atom is -0.332 e. The molecule has 1 N–H and O–H groups in total. The summed E-state index contributed by atoms with van der Waals surface area (Å²) in [6, 6.07) is 0.110. The van der Waals surface area contributed by atoms with Crippen LogP contribution in [0.1, 0.15) is 38.4 Å². The van der Waals surface area contributed by atoms with E-state index in [1.165, 1.54) is 6.20 Å². The third kappa shape index (κ3) is 2.19. The third-order valence-electron chi connectivity index (χ3n) is 4.10. The first-order valence-electron chi connectivity index (χ1n) is 6.74. The molecule has 2 saturated heterocycles. The molecule has 106 valence electrons. The molecule has 0 aromatic carbocycles. The SMILES string of the molecule is CCc1ncc(S(=O)(=O)N2C3CCC2CC(Cl)C3)[nH]1. The van der Waals surface area contributed by atoms with E-state index in [9.17, 15) is 8.42 Å². The monoisotopic (exact) mass is 303 g/mol. The lowest BCUT2D eigenvalue weighted by atomic mass is 10.1. The number of hydrogen-bond donors (Lipinski definition) is 1. The fourth-order valence-corrected chi connectivity index (χ4v) is 5.47. The fraction of sp³-hybridized carbons (Fsp3) is 0.750. The van der Waals surface area contributed by atoms with Gasteiger partial charge in [0.05, 0.1) is 6.20 Å². The van der Waals surface area contributed by atoms with Gasteiger partial charge in [-0.1, -0.05) is 6.92 Å². The Balaban J connectivity index is 1.93. The molecular weight excluding hydrogens is 286 g/mol. The second-order valence-electron chi connectivity index (χ2n) is 5.34. The lowest BCUT2D eigenvalue weighted by molar-refractivity contribution is 0.250. The molecule has 2 bridgehead atoms. The molecule has 1 aromatic heterocycles. The van der Waals surface area contributed by atoms with Gasteiger partial charge < -0.3 is 4.98 Å². The van der Waals surface area contributed by atoms with Crippen molar-refractivity contribution in [3.05, 3.63) is 12.0 Å². The molecule has 0 radical (unpaired) electrons. The highest BCUT2D eigenvalue weighted by Gasteiger charge is 2.47. The number of sulfonamides is 1. The highest BCUT2D eigenvalue weighted by atomic mass is 35.5. The average molecular weight is 304 g/mol. The van der Waals surface area contributed by atoms with E-state index in [0.717, 1.165) is 25.7 Å².